The van der Waals surface area contributed by atoms with Crippen molar-refractivity contribution in [2.24, 2.45) is 11.7 Å². The zero-order valence-corrected chi connectivity index (χ0v) is 12.5. The van der Waals surface area contributed by atoms with Gasteiger partial charge in [0.1, 0.15) is 0 Å². The van der Waals surface area contributed by atoms with Crippen molar-refractivity contribution >= 4 is 5.69 Å². The van der Waals surface area contributed by atoms with Gasteiger partial charge in [-0.15, -0.1) is 0 Å². The molecule has 1 heterocycles. The van der Waals surface area contributed by atoms with Crippen molar-refractivity contribution in [3.63, 3.8) is 0 Å². The average Bonchev–Trinajstić information content (AvgIpc) is 2.57. The number of benzene rings is 1. The van der Waals surface area contributed by atoms with Gasteiger partial charge in [-0.1, -0.05) is 26.0 Å². The molecule has 0 radical (unpaired) electrons. The van der Waals surface area contributed by atoms with Crippen LogP contribution in [0.5, 0.6) is 0 Å². The summed E-state index contributed by atoms with van der Waals surface area (Å²) < 4.78 is 0. The second kappa shape index (κ2) is 6.40. The van der Waals surface area contributed by atoms with E-state index in [1.165, 1.54) is 11.3 Å². The minimum Gasteiger partial charge on any atom is -0.370 e. The minimum atomic E-state index is 0.454. The van der Waals surface area contributed by atoms with Crippen LogP contribution in [-0.4, -0.2) is 44.2 Å². The molecule has 106 valence electrons. The number of nitrogens with zero attached hydrogens (tertiary/aromatic N) is 2. The van der Waals surface area contributed by atoms with E-state index in [1.807, 2.05) is 0 Å². The first-order valence-corrected chi connectivity index (χ1v) is 7.38. The molecule has 19 heavy (non-hydrogen) atoms. The molecule has 0 aliphatic carbocycles. The molecule has 2 N–H and O–H groups in total. The summed E-state index contributed by atoms with van der Waals surface area (Å²) >= 11 is 0. The zero-order valence-electron chi connectivity index (χ0n) is 12.5. The quantitative estimate of drug-likeness (QED) is 0.903. The topological polar surface area (TPSA) is 32.5 Å². The second-order valence-corrected chi connectivity index (χ2v) is 5.86. The highest BCUT2D eigenvalue weighted by atomic mass is 15.2. The highest BCUT2D eigenvalue weighted by Gasteiger charge is 2.24. The lowest BCUT2D eigenvalue weighted by molar-refractivity contribution is 0.244. The summed E-state index contributed by atoms with van der Waals surface area (Å²) in [5.41, 5.74) is 8.66. The molecular formula is C16H27N3. The summed E-state index contributed by atoms with van der Waals surface area (Å²) in [6.07, 6.45) is 1.10. The van der Waals surface area contributed by atoms with Crippen LogP contribution in [0.15, 0.2) is 24.3 Å². The van der Waals surface area contributed by atoms with Gasteiger partial charge >= 0.3 is 0 Å². The van der Waals surface area contributed by atoms with E-state index in [0.717, 1.165) is 32.6 Å². The summed E-state index contributed by atoms with van der Waals surface area (Å²) in [6.45, 7) is 8.53. The van der Waals surface area contributed by atoms with Crippen molar-refractivity contribution in [3.8, 4) is 0 Å². The summed E-state index contributed by atoms with van der Waals surface area (Å²) in [6, 6.07) is 9.45. The molecule has 1 fully saturated rings. The Morgan fingerprint density at radius 1 is 1.16 bits per heavy atom. The number of hydrogen-bond acceptors (Lipinski definition) is 3. The van der Waals surface area contributed by atoms with Gasteiger partial charge in [-0.25, -0.2) is 0 Å². The molecule has 0 saturated carbocycles. The fourth-order valence-corrected chi connectivity index (χ4v) is 2.95. The maximum atomic E-state index is 5.93. The third-order valence-corrected chi connectivity index (χ3v) is 4.17. The van der Waals surface area contributed by atoms with E-state index in [-0.39, 0.29) is 0 Å². The monoisotopic (exact) mass is 261 g/mol. The zero-order chi connectivity index (χ0) is 13.8. The molecule has 3 nitrogen and oxygen atoms in total. The number of rotatable bonds is 3. The van der Waals surface area contributed by atoms with E-state index >= 15 is 0 Å². The Bertz CT molecular complexity index is 387. The van der Waals surface area contributed by atoms with Gasteiger partial charge in [0, 0.05) is 37.9 Å². The number of nitrogens with two attached hydrogens (primary N) is 1. The van der Waals surface area contributed by atoms with Crippen molar-refractivity contribution in [2.45, 2.75) is 26.3 Å². The molecule has 2 unspecified atom stereocenters. The Hall–Kier alpha value is -1.06. The average molecular weight is 261 g/mol. The number of likely N-dealkylation sites (N-methyl/N-ethyl adjacent to an activating group) is 1. The predicted octanol–water partition coefficient (Wildman–Crippen LogP) is 1.96. The van der Waals surface area contributed by atoms with E-state index in [2.05, 4.69) is 55.0 Å². The van der Waals surface area contributed by atoms with Crippen molar-refractivity contribution in [1.82, 2.24) is 4.90 Å². The lowest BCUT2D eigenvalue weighted by atomic mass is 10.1. The van der Waals surface area contributed by atoms with Gasteiger partial charge in [0.2, 0.25) is 0 Å². The first-order chi connectivity index (χ1) is 9.13. The summed E-state index contributed by atoms with van der Waals surface area (Å²) in [5.74, 6) is 0.674. The van der Waals surface area contributed by atoms with Gasteiger partial charge in [0.25, 0.3) is 0 Å². The fraction of sp³-hybridized carbons (Fsp3) is 0.625. The molecule has 0 aromatic heterocycles. The Morgan fingerprint density at radius 2 is 1.84 bits per heavy atom. The molecule has 2 atom stereocenters. The van der Waals surface area contributed by atoms with Crippen molar-refractivity contribution in [1.29, 1.82) is 0 Å². The van der Waals surface area contributed by atoms with Gasteiger partial charge in [0.15, 0.2) is 0 Å². The van der Waals surface area contributed by atoms with Crippen LogP contribution in [0.2, 0.25) is 0 Å². The lowest BCUT2D eigenvalue weighted by Crippen LogP contribution is -2.43. The fourth-order valence-electron chi connectivity index (χ4n) is 2.95. The standard InChI is InChI=1S/C16H27N3/c1-4-14-5-7-15(8-6-14)19-11-13(2)10-18(3)16(9-17)12-19/h5-8,13,16H,4,9-12,17H2,1-3H3. The summed E-state index contributed by atoms with van der Waals surface area (Å²) in [5, 5.41) is 0. The van der Waals surface area contributed by atoms with E-state index in [9.17, 15) is 0 Å². The van der Waals surface area contributed by atoms with E-state index in [4.69, 9.17) is 5.73 Å². The third-order valence-electron chi connectivity index (χ3n) is 4.17. The van der Waals surface area contributed by atoms with E-state index in [1.54, 1.807) is 0 Å². The van der Waals surface area contributed by atoms with Gasteiger partial charge in [-0.2, -0.15) is 0 Å². The molecule has 1 aromatic rings. The smallest absolute Gasteiger partial charge is 0.0390 e. The van der Waals surface area contributed by atoms with Crippen LogP contribution in [-0.2, 0) is 6.42 Å². The molecular weight excluding hydrogens is 234 g/mol. The second-order valence-electron chi connectivity index (χ2n) is 5.86. The highest BCUT2D eigenvalue weighted by Crippen LogP contribution is 2.21. The third kappa shape index (κ3) is 3.48. The molecule has 1 aromatic carbocycles. The summed E-state index contributed by atoms with van der Waals surface area (Å²) in [4.78, 5) is 4.90. The summed E-state index contributed by atoms with van der Waals surface area (Å²) in [7, 11) is 2.19. The molecule has 1 saturated heterocycles. The molecule has 3 heteroatoms. The maximum absolute atomic E-state index is 5.93. The van der Waals surface area contributed by atoms with Gasteiger partial charge in [0.05, 0.1) is 0 Å². The Balaban J connectivity index is 2.16. The van der Waals surface area contributed by atoms with Crippen LogP contribution < -0.4 is 10.6 Å². The maximum Gasteiger partial charge on any atom is 0.0390 e. The Kier molecular flexibility index (Phi) is 4.83. The van der Waals surface area contributed by atoms with Gasteiger partial charge in [-0.3, -0.25) is 0 Å². The van der Waals surface area contributed by atoms with Crippen LogP contribution in [0.3, 0.4) is 0 Å². The Labute approximate surface area is 117 Å². The number of anilines is 1. The molecule has 2 rings (SSSR count). The van der Waals surface area contributed by atoms with Crippen LogP contribution in [0, 0.1) is 5.92 Å². The van der Waals surface area contributed by atoms with E-state index in [0.29, 0.717) is 12.0 Å². The minimum absolute atomic E-state index is 0.454. The first-order valence-electron chi connectivity index (χ1n) is 7.38. The highest BCUT2D eigenvalue weighted by molar-refractivity contribution is 5.48. The van der Waals surface area contributed by atoms with Gasteiger partial charge < -0.3 is 15.5 Å². The van der Waals surface area contributed by atoms with Crippen LogP contribution in [0.25, 0.3) is 0 Å². The van der Waals surface area contributed by atoms with Crippen molar-refractivity contribution in [3.05, 3.63) is 29.8 Å². The van der Waals surface area contributed by atoms with Crippen LogP contribution in [0.1, 0.15) is 19.4 Å². The van der Waals surface area contributed by atoms with Gasteiger partial charge in [-0.05, 0) is 37.1 Å². The van der Waals surface area contributed by atoms with E-state index < -0.39 is 0 Å². The molecule has 1 aliphatic rings. The van der Waals surface area contributed by atoms with Crippen molar-refractivity contribution < 1.29 is 0 Å². The van der Waals surface area contributed by atoms with Crippen molar-refractivity contribution in [2.75, 3.05) is 38.1 Å². The molecule has 0 bridgehead atoms. The lowest BCUT2D eigenvalue weighted by Gasteiger charge is -2.29. The SMILES string of the molecule is CCc1ccc(N2CC(C)CN(C)C(CN)C2)cc1. The number of aryl methyl sites for hydroxylation is 1. The molecule has 0 amide bonds. The molecule has 1 aliphatic heterocycles. The predicted molar refractivity (Wildman–Crippen MR) is 82.7 cm³/mol. The first kappa shape index (κ1) is 14.4. The number of hydrogen-bond donors (Lipinski definition) is 1. The largest absolute Gasteiger partial charge is 0.370 e. The van der Waals surface area contributed by atoms with Crippen LogP contribution in [0.4, 0.5) is 5.69 Å². The molecule has 0 spiro atoms. The van der Waals surface area contributed by atoms with Crippen LogP contribution >= 0.6 is 0 Å². The Morgan fingerprint density at radius 3 is 2.42 bits per heavy atom. The normalized spacial score (nSPS) is 25.4.